The Morgan fingerprint density at radius 3 is 3.00 bits per heavy atom. The Labute approximate surface area is 113 Å². The number of aryl methyl sites for hydroxylation is 1. The second-order valence-electron chi connectivity index (χ2n) is 4.26. The minimum Gasteiger partial charge on any atom is -0.369 e. The molecule has 0 aliphatic heterocycles. The SMILES string of the molecule is CCc1cnc(Cn2c(N)nc3ccc(F)cc32)s1. The van der Waals surface area contributed by atoms with Crippen LogP contribution in [0.2, 0.25) is 0 Å². The smallest absolute Gasteiger partial charge is 0.201 e. The van der Waals surface area contributed by atoms with Crippen LogP contribution in [0.25, 0.3) is 11.0 Å². The average molecular weight is 276 g/mol. The molecule has 2 heterocycles. The highest BCUT2D eigenvalue weighted by Crippen LogP contribution is 2.22. The first kappa shape index (κ1) is 12.1. The fraction of sp³-hybridized carbons (Fsp3) is 0.231. The van der Waals surface area contributed by atoms with Crippen LogP contribution in [0.1, 0.15) is 16.8 Å². The number of rotatable bonds is 3. The van der Waals surface area contributed by atoms with E-state index < -0.39 is 0 Å². The van der Waals surface area contributed by atoms with Gasteiger partial charge in [-0.15, -0.1) is 11.3 Å². The predicted octanol–water partition coefficient (Wildman–Crippen LogP) is 2.82. The lowest BCUT2D eigenvalue weighted by Crippen LogP contribution is -2.04. The van der Waals surface area contributed by atoms with Crippen LogP contribution in [0.15, 0.2) is 24.4 Å². The average Bonchev–Trinajstić information content (AvgIpc) is 2.96. The van der Waals surface area contributed by atoms with Crippen LogP contribution < -0.4 is 5.73 Å². The summed E-state index contributed by atoms with van der Waals surface area (Å²) < 4.78 is 15.1. The lowest BCUT2D eigenvalue weighted by molar-refractivity contribution is 0.628. The molecule has 0 saturated carbocycles. The fourth-order valence-electron chi connectivity index (χ4n) is 2.00. The topological polar surface area (TPSA) is 56.7 Å². The third-order valence-corrected chi connectivity index (χ3v) is 4.11. The summed E-state index contributed by atoms with van der Waals surface area (Å²) in [5.41, 5.74) is 7.30. The summed E-state index contributed by atoms with van der Waals surface area (Å²) in [5, 5.41) is 0.951. The number of nitrogens with zero attached hydrogens (tertiary/aromatic N) is 3. The van der Waals surface area contributed by atoms with Crippen LogP contribution >= 0.6 is 11.3 Å². The van der Waals surface area contributed by atoms with E-state index in [0.29, 0.717) is 23.5 Å². The van der Waals surface area contributed by atoms with Crippen molar-refractivity contribution in [3.05, 3.63) is 40.1 Å². The van der Waals surface area contributed by atoms with Gasteiger partial charge in [0, 0.05) is 11.1 Å². The number of benzene rings is 1. The Hall–Kier alpha value is -1.95. The van der Waals surface area contributed by atoms with Gasteiger partial charge in [-0.1, -0.05) is 6.92 Å². The number of hydrogen-bond acceptors (Lipinski definition) is 4. The van der Waals surface area contributed by atoms with Crippen LogP contribution in [-0.2, 0) is 13.0 Å². The first-order valence-corrected chi connectivity index (χ1v) is 6.84. The summed E-state index contributed by atoms with van der Waals surface area (Å²) in [5.74, 6) is 0.0934. The third-order valence-electron chi connectivity index (χ3n) is 2.98. The van der Waals surface area contributed by atoms with Crippen molar-refractivity contribution < 1.29 is 4.39 Å². The Bertz CT molecular complexity index is 731. The maximum Gasteiger partial charge on any atom is 0.201 e. The summed E-state index contributed by atoms with van der Waals surface area (Å²) >= 11 is 1.64. The summed E-state index contributed by atoms with van der Waals surface area (Å²) in [7, 11) is 0. The van der Waals surface area contributed by atoms with Crippen LogP contribution in [0.4, 0.5) is 10.3 Å². The van der Waals surface area contributed by atoms with Gasteiger partial charge in [-0.25, -0.2) is 14.4 Å². The van der Waals surface area contributed by atoms with Crippen molar-refractivity contribution in [3.8, 4) is 0 Å². The molecule has 19 heavy (non-hydrogen) atoms. The number of fused-ring (bicyclic) bond motifs is 1. The number of nitrogen functional groups attached to an aromatic ring is 1. The monoisotopic (exact) mass is 276 g/mol. The Kier molecular flexibility index (Phi) is 2.94. The molecule has 0 aliphatic rings. The Balaban J connectivity index is 2.04. The number of anilines is 1. The zero-order valence-electron chi connectivity index (χ0n) is 10.4. The van der Waals surface area contributed by atoms with E-state index in [9.17, 15) is 4.39 Å². The van der Waals surface area contributed by atoms with Gasteiger partial charge in [0.2, 0.25) is 5.95 Å². The molecule has 0 fully saturated rings. The molecule has 0 spiro atoms. The standard InChI is InChI=1S/C13H13FN4S/c1-2-9-6-16-12(19-9)7-18-11-5-8(14)3-4-10(11)17-13(18)15/h3-6H,2,7H2,1H3,(H2,15,17). The molecule has 0 saturated heterocycles. The maximum absolute atomic E-state index is 13.3. The quantitative estimate of drug-likeness (QED) is 0.800. The van der Waals surface area contributed by atoms with Crippen LogP contribution in [0.3, 0.4) is 0 Å². The van der Waals surface area contributed by atoms with E-state index in [1.165, 1.54) is 17.0 Å². The van der Waals surface area contributed by atoms with Gasteiger partial charge in [0.15, 0.2) is 0 Å². The lowest BCUT2D eigenvalue weighted by Gasteiger charge is -2.03. The zero-order valence-corrected chi connectivity index (χ0v) is 11.2. The van der Waals surface area contributed by atoms with E-state index in [0.717, 1.165) is 11.4 Å². The lowest BCUT2D eigenvalue weighted by atomic mass is 10.3. The van der Waals surface area contributed by atoms with Crippen LogP contribution in [0, 0.1) is 5.82 Å². The van der Waals surface area contributed by atoms with Gasteiger partial charge in [0.25, 0.3) is 0 Å². The van der Waals surface area contributed by atoms with Crippen LogP contribution in [-0.4, -0.2) is 14.5 Å². The molecule has 6 heteroatoms. The molecule has 1 aromatic carbocycles. The molecule has 3 rings (SSSR count). The number of nitrogens with two attached hydrogens (primary N) is 1. The predicted molar refractivity (Wildman–Crippen MR) is 74.7 cm³/mol. The molecule has 0 amide bonds. The van der Waals surface area contributed by atoms with Crippen molar-refractivity contribution in [1.29, 1.82) is 0 Å². The highest BCUT2D eigenvalue weighted by Gasteiger charge is 2.11. The van der Waals surface area contributed by atoms with Crippen molar-refractivity contribution in [2.45, 2.75) is 19.9 Å². The first-order valence-electron chi connectivity index (χ1n) is 6.02. The van der Waals surface area contributed by atoms with Gasteiger partial charge in [0.1, 0.15) is 10.8 Å². The Morgan fingerprint density at radius 2 is 2.26 bits per heavy atom. The van der Waals surface area contributed by atoms with E-state index >= 15 is 0 Å². The maximum atomic E-state index is 13.3. The van der Waals surface area contributed by atoms with Gasteiger partial charge in [-0.3, -0.25) is 0 Å². The van der Waals surface area contributed by atoms with E-state index in [1.807, 2.05) is 6.20 Å². The van der Waals surface area contributed by atoms with Crippen molar-refractivity contribution >= 4 is 28.3 Å². The van der Waals surface area contributed by atoms with Gasteiger partial charge in [0.05, 0.1) is 17.6 Å². The molecule has 0 unspecified atom stereocenters. The number of halogens is 1. The highest BCUT2D eigenvalue weighted by molar-refractivity contribution is 7.11. The summed E-state index contributed by atoms with van der Waals surface area (Å²) in [6.07, 6.45) is 2.84. The molecule has 0 radical (unpaired) electrons. The molecule has 4 nitrogen and oxygen atoms in total. The number of aromatic nitrogens is 3. The molecule has 2 N–H and O–H groups in total. The van der Waals surface area contributed by atoms with E-state index in [4.69, 9.17) is 5.73 Å². The van der Waals surface area contributed by atoms with E-state index in [1.54, 1.807) is 22.0 Å². The summed E-state index contributed by atoms with van der Waals surface area (Å²) in [6, 6.07) is 4.47. The second-order valence-corrected chi connectivity index (χ2v) is 5.46. The minimum absolute atomic E-state index is 0.290. The second kappa shape index (κ2) is 4.62. The van der Waals surface area contributed by atoms with Crippen molar-refractivity contribution in [1.82, 2.24) is 14.5 Å². The van der Waals surface area contributed by atoms with Gasteiger partial charge < -0.3 is 10.3 Å². The normalized spacial score (nSPS) is 11.3. The molecule has 0 atom stereocenters. The van der Waals surface area contributed by atoms with Gasteiger partial charge >= 0.3 is 0 Å². The summed E-state index contributed by atoms with van der Waals surface area (Å²) in [4.78, 5) is 9.81. The Morgan fingerprint density at radius 1 is 1.42 bits per heavy atom. The van der Waals surface area contributed by atoms with Gasteiger partial charge in [-0.05, 0) is 24.6 Å². The summed E-state index contributed by atoms with van der Waals surface area (Å²) in [6.45, 7) is 2.62. The molecule has 98 valence electrons. The largest absolute Gasteiger partial charge is 0.369 e. The minimum atomic E-state index is -0.290. The zero-order chi connectivity index (χ0) is 13.4. The van der Waals surface area contributed by atoms with Crippen LogP contribution in [0.5, 0.6) is 0 Å². The van der Waals surface area contributed by atoms with Crippen molar-refractivity contribution in [2.24, 2.45) is 0 Å². The number of thiazole rings is 1. The highest BCUT2D eigenvalue weighted by atomic mass is 32.1. The van der Waals surface area contributed by atoms with Gasteiger partial charge in [-0.2, -0.15) is 0 Å². The third kappa shape index (κ3) is 2.19. The number of imidazole rings is 1. The van der Waals surface area contributed by atoms with E-state index in [2.05, 4.69) is 16.9 Å². The molecular weight excluding hydrogens is 263 g/mol. The molecule has 2 aromatic heterocycles. The molecule has 3 aromatic rings. The van der Waals surface area contributed by atoms with Crippen molar-refractivity contribution in [2.75, 3.05) is 5.73 Å². The van der Waals surface area contributed by atoms with E-state index in [-0.39, 0.29) is 5.82 Å². The molecule has 0 bridgehead atoms. The molecular formula is C13H13FN4S. The first-order chi connectivity index (χ1) is 9.17. The number of hydrogen-bond donors (Lipinski definition) is 1. The molecule has 0 aliphatic carbocycles. The van der Waals surface area contributed by atoms with Crippen molar-refractivity contribution in [3.63, 3.8) is 0 Å². The fourth-order valence-corrected chi connectivity index (χ4v) is 2.85.